The van der Waals surface area contributed by atoms with Gasteiger partial charge in [0.15, 0.2) is 0 Å². The lowest BCUT2D eigenvalue weighted by Crippen LogP contribution is -2.54. The first-order chi connectivity index (χ1) is 18.1. The van der Waals surface area contributed by atoms with Crippen LogP contribution in [0.2, 0.25) is 0 Å². The molecule has 218 valence electrons. The van der Waals surface area contributed by atoms with E-state index in [1.807, 2.05) is 12.1 Å². The molecule has 0 radical (unpaired) electrons. The fraction of sp³-hybridized carbons (Fsp3) is 0.586. The van der Waals surface area contributed by atoms with E-state index >= 15 is 0 Å². The van der Waals surface area contributed by atoms with Gasteiger partial charge in [0.2, 0.25) is 20.0 Å². The van der Waals surface area contributed by atoms with Crippen molar-refractivity contribution < 1.29 is 16.8 Å². The van der Waals surface area contributed by atoms with Crippen LogP contribution in [0.5, 0.6) is 0 Å². The summed E-state index contributed by atoms with van der Waals surface area (Å²) in [5.74, 6) is 0. The van der Waals surface area contributed by atoms with Crippen molar-refractivity contribution in [1.82, 2.24) is 18.8 Å². The minimum atomic E-state index is -3.38. The number of nitrogens with zero attached hydrogens (tertiary/aromatic N) is 3. The van der Waals surface area contributed by atoms with Gasteiger partial charge in [-0.3, -0.25) is 9.80 Å². The quantitative estimate of drug-likeness (QED) is 0.577. The molecule has 0 amide bonds. The molecule has 0 bridgehead atoms. The smallest absolute Gasteiger partial charge is 0.243 e. The van der Waals surface area contributed by atoms with Gasteiger partial charge in [0.25, 0.3) is 0 Å². The number of nitrogens with one attached hydrogen (secondary N) is 1. The van der Waals surface area contributed by atoms with Crippen molar-refractivity contribution in [2.45, 2.75) is 81.3 Å². The number of likely N-dealkylation sites (tertiary alicyclic amines) is 1. The van der Waals surface area contributed by atoms with Crippen LogP contribution in [0, 0.1) is 0 Å². The Labute approximate surface area is 236 Å². The molecule has 0 aromatic heterocycles. The van der Waals surface area contributed by atoms with Crippen LogP contribution in [0.4, 0.5) is 0 Å². The van der Waals surface area contributed by atoms with Crippen LogP contribution in [-0.2, 0) is 20.0 Å². The first-order valence-electron chi connectivity index (χ1n) is 13.7. The molecule has 10 heteroatoms. The molecule has 2 aromatic rings. The highest BCUT2D eigenvalue weighted by Gasteiger charge is 2.32. The second kappa shape index (κ2) is 12.8. The van der Waals surface area contributed by atoms with Gasteiger partial charge in [0.05, 0.1) is 9.79 Å². The predicted molar refractivity (Wildman–Crippen MR) is 158 cm³/mol. The maximum absolute atomic E-state index is 12.5. The van der Waals surface area contributed by atoms with Gasteiger partial charge in [-0.15, -0.1) is 0 Å². The van der Waals surface area contributed by atoms with Crippen molar-refractivity contribution >= 4 is 20.0 Å². The average molecular weight is 579 g/mol. The molecule has 1 N–H and O–H groups in total. The topological polar surface area (TPSA) is 90.0 Å². The van der Waals surface area contributed by atoms with Gasteiger partial charge in [-0.05, 0) is 78.6 Å². The molecule has 2 aromatic carbocycles. The number of rotatable bonds is 5. The second-order valence-corrected chi connectivity index (χ2v) is 15.9. The molecular weight excluding hydrogens is 532 g/mol. The van der Waals surface area contributed by atoms with E-state index in [0.29, 0.717) is 22.9 Å². The summed E-state index contributed by atoms with van der Waals surface area (Å²) in [6.07, 6.45) is 1.73. The van der Waals surface area contributed by atoms with Crippen molar-refractivity contribution in [2.75, 3.05) is 39.3 Å². The summed E-state index contributed by atoms with van der Waals surface area (Å²) >= 11 is 0. The predicted octanol–water partition coefficient (Wildman–Crippen LogP) is 4.02. The SMILES string of the molecule is CC(C)(C)N1CCC(NS(=O)(=O)c2ccccc2)CC1.CC(C)(C)N1CCN(S(=O)(=O)c2ccccc2)CC1. The van der Waals surface area contributed by atoms with Crippen LogP contribution >= 0.6 is 0 Å². The summed E-state index contributed by atoms with van der Waals surface area (Å²) in [7, 11) is -6.71. The highest BCUT2D eigenvalue weighted by molar-refractivity contribution is 7.89. The summed E-state index contributed by atoms with van der Waals surface area (Å²) in [6.45, 7) is 17.6. The standard InChI is InChI=1S/C15H24N2O2S.C14H22N2O2S/c1-15(2,3)17-11-9-13(10-12-17)16-20(18,19)14-7-5-4-6-8-14;1-14(2,3)15-9-11-16(12-10-15)19(17,18)13-7-5-4-6-8-13/h4-8,13,16H,9-12H2,1-3H3;4-8H,9-12H2,1-3H3. The van der Waals surface area contributed by atoms with E-state index in [1.54, 1.807) is 52.8 Å². The van der Waals surface area contributed by atoms with Crippen LogP contribution in [0.3, 0.4) is 0 Å². The molecule has 2 heterocycles. The molecule has 2 saturated heterocycles. The average Bonchev–Trinajstić information content (AvgIpc) is 2.89. The van der Waals surface area contributed by atoms with Crippen molar-refractivity contribution in [3.05, 3.63) is 60.7 Å². The zero-order chi connectivity index (χ0) is 28.9. The fourth-order valence-electron chi connectivity index (χ4n) is 4.90. The van der Waals surface area contributed by atoms with Gasteiger partial charge in [0, 0.05) is 56.4 Å². The Hall–Kier alpha value is -1.82. The van der Waals surface area contributed by atoms with Crippen LogP contribution in [0.25, 0.3) is 0 Å². The number of piperazine rings is 1. The minimum Gasteiger partial charge on any atom is -0.298 e. The fourth-order valence-corrected chi connectivity index (χ4v) is 7.67. The molecule has 39 heavy (non-hydrogen) atoms. The molecule has 8 nitrogen and oxygen atoms in total. The van der Waals surface area contributed by atoms with Gasteiger partial charge in [-0.2, -0.15) is 4.31 Å². The normalized spacial score (nSPS) is 19.3. The maximum Gasteiger partial charge on any atom is 0.243 e. The molecule has 0 atom stereocenters. The summed E-state index contributed by atoms with van der Waals surface area (Å²) in [5.41, 5.74) is 0.256. The Morgan fingerprint density at radius 1 is 0.615 bits per heavy atom. The van der Waals surface area contributed by atoms with E-state index in [0.717, 1.165) is 39.0 Å². The van der Waals surface area contributed by atoms with Crippen molar-refractivity contribution in [1.29, 1.82) is 0 Å². The number of sulfonamides is 2. The molecule has 2 fully saturated rings. The molecule has 0 saturated carbocycles. The number of hydrogen-bond donors (Lipinski definition) is 1. The lowest BCUT2D eigenvalue weighted by atomic mass is 9.99. The molecule has 0 spiro atoms. The van der Waals surface area contributed by atoms with E-state index in [9.17, 15) is 16.8 Å². The number of piperidine rings is 1. The Balaban J connectivity index is 0.000000216. The highest BCUT2D eigenvalue weighted by Crippen LogP contribution is 2.22. The summed E-state index contributed by atoms with van der Waals surface area (Å²) in [4.78, 5) is 5.46. The lowest BCUT2D eigenvalue weighted by Gasteiger charge is -2.41. The third-order valence-corrected chi connectivity index (χ3v) is 10.8. The largest absolute Gasteiger partial charge is 0.298 e. The van der Waals surface area contributed by atoms with Gasteiger partial charge in [-0.1, -0.05) is 36.4 Å². The summed E-state index contributed by atoms with van der Waals surface area (Å²) in [5, 5.41) is 0. The lowest BCUT2D eigenvalue weighted by molar-refractivity contribution is 0.0922. The molecule has 0 unspecified atom stereocenters. The van der Waals surface area contributed by atoms with E-state index in [1.165, 1.54) is 0 Å². The molecule has 2 aliphatic rings. The zero-order valence-corrected chi connectivity index (χ0v) is 25.9. The van der Waals surface area contributed by atoms with Crippen molar-refractivity contribution in [2.24, 2.45) is 0 Å². The first kappa shape index (κ1) is 31.7. The minimum absolute atomic E-state index is 0.0406. The number of benzene rings is 2. The maximum atomic E-state index is 12.5. The molecular formula is C29H46N4O4S2. The first-order valence-corrected chi connectivity index (χ1v) is 16.7. The third kappa shape index (κ3) is 8.83. The van der Waals surface area contributed by atoms with Gasteiger partial charge >= 0.3 is 0 Å². The molecule has 4 rings (SSSR count). The van der Waals surface area contributed by atoms with Crippen molar-refractivity contribution in [3.63, 3.8) is 0 Å². The van der Waals surface area contributed by atoms with Gasteiger partial charge in [0.1, 0.15) is 0 Å². The van der Waals surface area contributed by atoms with Crippen LogP contribution in [-0.4, -0.2) is 87.3 Å². The van der Waals surface area contributed by atoms with Crippen LogP contribution in [0.15, 0.2) is 70.5 Å². The molecule has 2 aliphatic heterocycles. The monoisotopic (exact) mass is 578 g/mol. The summed E-state index contributed by atoms with van der Waals surface area (Å²) in [6, 6.07) is 17.3. The van der Waals surface area contributed by atoms with E-state index in [-0.39, 0.29) is 17.1 Å². The highest BCUT2D eigenvalue weighted by atomic mass is 32.2. The zero-order valence-electron chi connectivity index (χ0n) is 24.3. The summed E-state index contributed by atoms with van der Waals surface area (Å²) < 4.78 is 53.8. The third-order valence-electron chi connectivity index (χ3n) is 7.39. The van der Waals surface area contributed by atoms with Gasteiger partial charge in [-0.25, -0.2) is 21.6 Å². The Kier molecular flexibility index (Phi) is 10.4. The number of hydrogen-bond acceptors (Lipinski definition) is 6. The van der Waals surface area contributed by atoms with Gasteiger partial charge < -0.3 is 0 Å². The van der Waals surface area contributed by atoms with Crippen LogP contribution < -0.4 is 4.72 Å². The van der Waals surface area contributed by atoms with E-state index in [2.05, 4.69) is 56.1 Å². The Bertz CT molecular complexity index is 1240. The van der Waals surface area contributed by atoms with Crippen molar-refractivity contribution in [3.8, 4) is 0 Å². The molecule has 0 aliphatic carbocycles. The Morgan fingerprint density at radius 3 is 1.46 bits per heavy atom. The second-order valence-electron chi connectivity index (χ2n) is 12.2. The van der Waals surface area contributed by atoms with E-state index < -0.39 is 20.0 Å². The Morgan fingerprint density at radius 2 is 1.03 bits per heavy atom. The van der Waals surface area contributed by atoms with E-state index in [4.69, 9.17) is 0 Å². The van der Waals surface area contributed by atoms with Crippen LogP contribution in [0.1, 0.15) is 54.4 Å².